The van der Waals surface area contributed by atoms with Crippen LogP contribution in [-0.2, 0) is 16.2 Å². The Kier molecular flexibility index (Phi) is 7.29. The van der Waals surface area contributed by atoms with Gasteiger partial charge in [-0.25, -0.2) is 9.69 Å². The van der Waals surface area contributed by atoms with E-state index in [2.05, 4.69) is 27.2 Å². The van der Waals surface area contributed by atoms with Crippen molar-refractivity contribution in [2.75, 3.05) is 11.5 Å². The number of benzene rings is 3. The van der Waals surface area contributed by atoms with E-state index in [1.165, 1.54) is 6.08 Å². The number of anilines is 1. The molecule has 1 aliphatic heterocycles. The van der Waals surface area contributed by atoms with Gasteiger partial charge in [0.05, 0.1) is 5.69 Å². The van der Waals surface area contributed by atoms with Crippen molar-refractivity contribution in [3.8, 4) is 23.8 Å². The largest absolute Gasteiger partial charge is 0.489 e. The summed E-state index contributed by atoms with van der Waals surface area (Å²) in [5, 5.41) is 2.21. The number of hydrogen-bond acceptors (Lipinski definition) is 5. The van der Waals surface area contributed by atoms with E-state index in [1.54, 1.807) is 48.5 Å². The Morgan fingerprint density at radius 3 is 2.37 bits per heavy atom. The number of hydrogen-bond donors (Lipinski definition) is 1. The van der Waals surface area contributed by atoms with Gasteiger partial charge in [0.25, 0.3) is 11.8 Å². The molecule has 0 unspecified atom stereocenters. The third-order valence-corrected chi connectivity index (χ3v) is 5.57. The van der Waals surface area contributed by atoms with Gasteiger partial charge in [-0.2, -0.15) is 0 Å². The van der Waals surface area contributed by atoms with Crippen molar-refractivity contribution in [1.82, 2.24) is 5.32 Å². The van der Waals surface area contributed by atoms with Crippen LogP contribution in [0.1, 0.15) is 11.1 Å². The van der Waals surface area contributed by atoms with Crippen molar-refractivity contribution in [2.24, 2.45) is 0 Å². The lowest BCUT2D eigenvalue weighted by molar-refractivity contribution is -0.122. The normalized spacial score (nSPS) is 14.5. The van der Waals surface area contributed by atoms with Crippen LogP contribution < -0.4 is 19.7 Å². The van der Waals surface area contributed by atoms with Crippen LogP contribution in [0.15, 0.2) is 82.8 Å². The van der Waals surface area contributed by atoms with Crippen molar-refractivity contribution in [3.63, 3.8) is 0 Å². The highest BCUT2D eigenvalue weighted by atomic mass is 79.9. The van der Waals surface area contributed by atoms with Crippen LogP contribution in [0.3, 0.4) is 0 Å². The van der Waals surface area contributed by atoms with Crippen LogP contribution >= 0.6 is 15.9 Å². The topological polar surface area (TPSA) is 84.9 Å². The standard InChI is InChI=1S/C27H19BrN2O5/c1-2-15-34-24-6-4-3-5-19(24)16-23-25(31)29-27(33)30(26(23)32)21-11-13-22(14-12-21)35-17-18-7-9-20(28)10-8-18/h1,3-14,16H,15,17H2,(H,29,31,33)/b23-16+. The molecule has 1 saturated heterocycles. The van der Waals surface area contributed by atoms with Gasteiger partial charge in [-0.1, -0.05) is 52.2 Å². The molecule has 0 atom stereocenters. The maximum atomic E-state index is 13.2. The van der Waals surface area contributed by atoms with E-state index in [9.17, 15) is 14.4 Å². The monoisotopic (exact) mass is 530 g/mol. The summed E-state index contributed by atoms with van der Waals surface area (Å²) in [5.74, 6) is 1.79. The van der Waals surface area contributed by atoms with E-state index in [0.29, 0.717) is 29.4 Å². The van der Waals surface area contributed by atoms with Gasteiger partial charge in [-0.15, -0.1) is 6.42 Å². The Bertz CT molecular complexity index is 1340. The number of halogens is 1. The highest BCUT2D eigenvalue weighted by molar-refractivity contribution is 9.10. The SMILES string of the molecule is C#CCOc1ccccc1/C=C1\C(=O)NC(=O)N(c2ccc(OCc3ccc(Br)cc3)cc2)C1=O. The molecular formula is C27H19BrN2O5. The lowest BCUT2D eigenvalue weighted by atomic mass is 10.1. The molecule has 8 heteroatoms. The van der Waals surface area contributed by atoms with E-state index in [1.807, 2.05) is 24.3 Å². The minimum Gasteiger partial charge on any atom is -0.489 e. The first-order valence-corrected chi connectivity index (χ1v) is 11.3. The minimum atomic E-state index is -0.836. The van der Waals surface area contributed by atoms with Gasteiger partial charge in [0.15, 0.2) is 0 Å². The van der Waals surface area contributed by atoms with Crippen LogP contribution in [0.25, 0.3) is 6.08 Å². The zero-order chi connectivity index (χ0) is 24.8. The molecule has 0 bridgehead atoms. The molecule has 0 saturated carbocycles. The number of imide groups is 2. The summed E-state index contributed by atoms with van der Waals surface area (Å²) < 4.78 is 12.2. The fraction of sp³-hybridized carbons (Fsp3) is 0.0741. The van der Waals surface area contributed by atoms with Gasteiger partial charge in [0, 0.05) is 10.0 Å². The second-order valence-electron chi connectivity index (χ2n) is 7.40. The summed E-state index contributed by atoms with van der Waals surface area (Å²) >= 11 is 3.39. The summed E-state index contributed by atoms with van der Waals surface area (Å²) in [4.78, 5) is 39.0. The number of carbonyl (C=O) groups is 3. The van der Waals surface area contributed by atoms with E-state index < -0.39 is 17.8 Å². The van der Waals surface area contributed by atoms with E-state index in [-0.39, 0.29) is 12.2 Å². The predicted molar refractivity (Wildman–Crippen MR) is 135 cm³/mol. The molecule has 174 valence electrons. The second-order valence-corrected chi connectivity index (χ2v) is 8.31. The number of carbonyl (C=O) groups excluding carboxylic acids is 3. The molecule has 0 aromatic heterocycles. The second kappa shape index (κ2) is 10.7. The first kappa shape index (κ1) is 23.8. The van der Waals surface area contributed by atoms with Gasteiger partial charge in [-0.05, 0) is 54.1 Å². The van der Waals surface area contributed by atoms with Crippen molar-refractivity contribution < 1.29 is 23.9 Å². The van der Waals surface area contributed by atoms with Gasteiger partial charge in [-0.3, -0.25) is 14.9 Å². The van der Waals surface area contributed by atoms with E-state index >= 15 is 0 Å². The van der Waals surface area contributed by atoms with Gasteiger partial charge >= 0.3 is 6.03 Å². The molecule has 1 fully saturated rings. The molecular weight excluding hydrogens is 512 g/mol. The molecule has 3 aromatic rings. The molecule has 1 aliphatic rings. The maximum Gasteiger partial charge on any atom is 0.335 e. The highest BCUT2D eigenvalue weighted by Crippen LogP contribution is 2.27. The highest BCUT2D eigenvalue weighted by Gasteiger charge is 2.37. The van der Waals surface area contributed by atoms with Crippen molar-refractivity contribution in [2.45, 2.75) is 6.61 Å². The smallest absolute Gasteiger partial charge is 0.335 e. The lowest BCUT2D eigenvalue weighted by Crippen LogP contribution is -2.54. The molecule has 0 spiro atoms. The quantitative estimate of drug-likeness (QED) is 0.271. The summed E-state index contributed by atoms with van der Waals surface area (Å²) in [6.45, 7) is 0.388. The average Bonchev–Trinajstić information content (AvgIpc) is 2.86. The summed E-state index contributed by atoms with van der Waals surface area (Å²) in [5.41, 5.74) is 1.55. The van der Waals surface area contributed by atoms with Gasteiger partial charge in [0.1, 0.15) is 30.3 Å². The van der Waals surface area contributed by atoms with Crippen LogP contribution in [0.5, 0.6) is 11.5 Å². The van der Waals surface area contributed by atoms with Crippen LogP contribution in [-0.4, -0.2) is 24.5 Å². The number of urea groups is 1. The van der Waals surface area contributed by atoms with Crippen molar-refractivity contribution in [3.05, 3.63) is 94.0 Å². The number of amides is 4. The molecule has 35 heavy (non-hydrogen) atoms. The molecule has 7 nitrogen and oxygen atoms in total. The molecule has 4 amide bonds. The number of nitrogens with zero attached hydrogens (tertiary/aromatic N) is 1. The third kappa shape index (κ3) is 5.60. The molecule has 0 aliphatic carbocycles. The van der Waals surface area contributed by atoms with E-state index in [4.69, 9.17) is 15.9 Å². The first-order chi connectivity index (χ1) is 17.0. The molecule has 1 N–H and O–H groups in total. The molecule has 3 aromatic carbocycles. The lowest BCUT2D eigenvalue weighted by Gasteiger charge is -2.26. The Morgan fingerprint density at radius 2 is 1.66 bits per heavy atom. The Morgan fingerprint density at radius 1 is 0.943 bits per heavy atom. The number of barbiturate groups is 1. The zero-order valence-electron chi connectivity index (χ0n) is 18.4. The maximum absolute atomic E-state index is 13.2. The number of para-hydroxylation sites is 1. The van der Waals surface area contributed by atoms with Gasteiger partial charge < -0.3 is 9.47 Å². The van der Waals surface area contributed by atoms with Crippen molar-refractivity contribution in [1.29, 1.82) is 0 Å². The van der Waals surface area contributed by atoms with Crippen LogP contribution in [0, 0.1) is 12.3 Å². The Hall–Kier alpha value is -4.35. The fourth-order valence-corrected chi connectivity index (χ4v) is 3.60. The number of ether oxygens (including phenoxy) is 2. The van der Waals surface area contributed by atoms with Gasteiger partial charge in [0.2, 0.25) is 0 Å². The third-order valence-electron chi connectivity index (χ3n) is 5.05. The number of rotatable bonds is 7. The number of nitrogens with one attached hydrogen (secondary N) is 1. The first-order valence-electron chi connectivity index (χ1n) is 10.5. The Balaban J connectivity index is 1.54. The molecule has 1 heterocycles. The summed E-state index contributed by atoms with van der Waals surface area (Å²) in [7, 11) is 0. The molecule has 4 rings (SSSR count). The summed E-state index contributed by atoms with van der Waals surface area (Å²) in [6, 6.07) is 20.2. The molecule has 0 radical (unpaired) electrons. The Labute approximate surface area is 210 Å². The summed E-state index contributed by atoms with van der Waals surface area (Å²) in [6.07, 6.45) is 6.63. The van der Waals surface area contributed by atoms with Crippen LogP contribution in [0.4, 0.5) is 10.5 Å². The minimum absolute atomic E-state index is 0.0289. The fourth-order valence-electron chi connectivity index (χ4n) is 3.34. The predicted octanol–water partition coefficient (Wildman–Crippen LogP) is 4.71. The zero-order valence-corrected chi connectivity index (χ0v) is 19.9. The van der Waals surface area contributed by atoms with E-state index in [0.717, 1.165) is 14.9 Å². The van der Waals surface area contributed by atoms with Crippen LogP contribution in [0.2, 0.25) is 0 Å². The average molecular weight is 531 g/mol. The van der Waals surface area contributed by atoms with Crippen molar-refractivity contribution >= 4 is 45.5 Å². The number of terminal acetylenes is 1.